The van der Waals surface area contributed by atoms with Crippen molar-refractivity contribution >= 4 is 6.08 Å². The van der Waals surface area contributed by atoms with Crippen LogP contribution in [0.15, 0.2) is 66.7 Å². The van der Waals surface area contributed by atoms with Crippen LogP contribution in [-0.2, 0) is 0 Å². The predicted molar refractivity (Wildman–Crippen MR) is 76.3 cm³/mol. The summed E-state index contributed by atoms with van der Waals surface area (Å²) in [5.74, 6) is -0.541. The lowest BCUT2D eigenvalue weighted by atomic mass is 9.94. The quantitative estimate of drug-likeness (QED) is 0.902. The van der Waals surface area contributed by atoms with Gasteiger partial charge in [-0.05, 0) is 11.1 Å². The molecule has 0 aliphatic rings. The summed E-state index contributed by atoms with van der Waals surface area (Å²) in [5, 5.41) is 19.3. The van der Waals surface area contributed by atoms with Crippen LogP contribution in [-0.4, -0.2) is 11.2 Å². The standard InChI is InChI=1S/C17H15NO/c18-13-16(15-9-5-2-6-10-15)17(19)12-11-14-7-3-1-4-8-14/h1-12,16-17,19H/b12-11+/t16-,17-/m0/s1. The van der Waals surface area contributed by atoms with E-state index in [1.807, 2.05) is 66.7 Å². The smallest absolute Gasteiger partial charge is 0.101 e. The second-order valence-electron chi connectivity index (χ2n) is 4.28. The van der Waals surface area contributed by atoms with E-state index in [9.17, 15) is 10.4 Å². The molecule has 2 nitrogen and oxygen atoms in total. The van der Waals surface area contributed by atoms with E-state index in [1.165, 1.54) is 0 Å². The van der Waals surface area contributed by atoms with E-state index >= 15 is 0 Å². The molecule has 0 fully saturated rings. The molecule has 0 unspecified atom stereocenters. The monoisotopic (exact) mass is 249 g/mol. The Labute approximate surface area is 113 Å². The molecular formula is C17H15NO. The number of aliphatic hydroxyl groups excluding tert-OH is 1. The number of nitrogens with zero attached hydrogens (tertiary/aromatic N) is 1. The van der Waals surface area contributed by atoms with Crippen molar-refractivity contribution < 1.29 is 5.11 Å². The number of rotatable bonds is 4. The van der Waals surface area contributed by atoms with Gasteiger partial charge >= 0.3 is 0 Å². The highest BCUT2D eigenvalue weighted by molar-refractivity contribution is 5.50. The largest absolute Gasteiger partial charge is 0.387 e. The summed E-state index contributed by atoms with van der Waals surface area (Å²) in [4.78, 5) is 0. The molecule has 0 saturated heterocycles. The normalized spacial score (nSPS) is 13.9. The van der Waals surface area contributed by atoms with Crippen LogP contribution in [0.4, 0.5) is 0 Å². The zero-order chi connectivity index (χ0) is 13.5. The SMILES string of the molecule is N#C[C@@H](c1ccccc1)[C@@H](O)/C=C/c1ccccc1. The molecule has 0 aliphatic heterocycles. The third-order valence-electron chi connectivity index (χ3n) is 2.92. The average molecular weight is 249 g/mol. The van der Waals surface area contributed by atoms with Gasteiger partial charge in [0.2, 0.25) is 0 Å². The Kier molecular flexibility index (Phi) is 4.49. The number of hydrogen-bond donors (Lipinski definition) is 1. The first-order valence-electron chi connectivity index (χ1n) is 6.17. The van der Waals surface area contributed by atoms with Crippen LogP contribution in [0.5, 0.6) is 0 Å². The number of aliphatic hydroxyl groups is 1. The van der Waals surface area contributed by atoms with Crippen molar-refractivity contribution in [2.24, 2.45) is 0 Å². The second kappa shape index (κ2) is 6.53. The fourth-order valence-corrected chi connectivity index (χ4v) is 1.89. The van der Waals surface area contributed by atoms with E-state index in [2.05, 4.69) is 6.07 Å². The molecule has 1 N–H and O–H groups in total. The topological polar surface area (TPSA) is 44.0 Å². The zero-order valence-corrected chi connectivity index (χ0v) is 10.5. The predicted octanol–water partition coefficient (Wildman–Crippen LogP) is 3.37. The minimum Gasteiger partial charge on any atom is -0.387 e. The van der Waals surface area contributed by atoms with Crippen molar-refractivity contribution in [1.82, 2.24) is 0 Å². The Hall–Kier alpha value is -2.37. The van der Waals surface area contributed by atoms with Gasteiger partial charge in [0.1, 0.15) is 5.92 Å². The lowest BCUT2D eigenvalue weighted by Crippen LogP contribution is -2.14. The molecule has 2 aromatic carbocycles. The van der Waals surface area contributed by atoms with Gasteiger partial charge in [-0.15, -0.1) is 0 Å². The fourth-order valence-electron chi connectivity index (χ4n) is 1.89. The highest BCUT2D eigenvalue weighted by Gasteiger charge is 2.17. The molecule has 0 spiro atoms. The Bertz CT molecular complexity index is 569. The highest BCUT2D eigenvalue weighted by Crippen LogP contribution is 2.20. The number of hydrogen-bond acceptors (Lipinski definition) is 2. The minimum absolute atomic E-state index is 0.541. The fraction of sp³-hybridized carbons (Fsp3) is 0.118. The minimum atomic E-state index is -0.812. The molecule has 94 valence electrons. The van der Waals surface area contributed by atoms with Gasteiger partial charge in [0, 0.05) is 0 Å². The molecule has 19 heavy (non-hydrogen) atoms. The van der Waals surface area contributed by atoms with E-state index in [-0.39, 0.29) is 0 Å². The number of benzene rings is 2. The van der Waals surface area contributed by atoms with E-state index in [0.717, 1.165) is 11.1 Å². The zero-order valence-electron chi connectivity index (χ0n) is 10.5. The average Bonchev–Trinajstić information content (AvgIpc) is 2.48. The molecule has 0 bridgehead atoms. The van der Waals surface area contributed by atoms with Crippen LogP contribution in [0.1, 0.15) is 17.0 Å². The first-order chi connectivity index (χ1) is 9.31. The van der Waals surface area contributed by atoms with Gasteiger partial charge in [-0.25, -0.2) is 0 Å². The second-order valence-corrected chi connectivity index (χ2v) is 4.28. The molecule has 0 radical (unpaired) electrons. The van der Waals surface area contributed by atoms with Gasteiger partial charge in [-0.2, -0.15) is 5.26 Å². The maximum atomic E-state index is 10.1. The van der Waals surface area contributed by atoms with E-state index < -0.39 is 12.0 Å². The van der Waals surface area contributed by atoms with Crippen molar-refractivity contribution in [2.45, 2.75) is 12.0 Å². The Morgan fingerprint density at radius 2 is 1.53 bits per heavy atom. The molecule has 2 atom stereocenters. The summed E-state index contributed by atoms with van der Waals surface area (Å²) >= 11 is 0. The first-order valence-corrected chi connectivity index (χ1v) is 6.17. The molecule has 0 aromatic heterocycles. The summed E-state index contributed by atoms with van der Waals surface area (Å²) in [7, 11) is 0. The summed E-state index contributed by atoms with van der Waals surface area (Å²) in [6, 6.07) is 21.2. The third kappa shape index (κ3) is 3.54. The highest BCUT2D eigenvalue weighted by atomic mass is 16.3. The maximum absolute atomic E-state index is 10.1. The van der Waals surface area contributed by atoms with Crippen LogP contribution in [0.2, 0.25) is 0 Å². The van der Waals surface area contributed by atoms with Gasteiger partial charge < -0.3 is 5.11 Å². The van der Waals surface area contributed by atoms with E-state index in [4.69, 9.17) is 0 Å². The van der Waals surface area contributed by atoms with Gasteiger partial charge in [0.05, 0.1) is 12.2 Å². The van der Waals surface area contributed by atoms with Crippen molar-refractivity contribution in [1.29, 1.82) is 5.26 Å². The van der Waals surface area contributed by atoms with Gasteiger partial charge in [0.15, 0.2) is 0 Å². The van der Waals surface area contributed by atoms with Crippen LogP contribution in [0.3, 0.4) is 0 Å². The van der Waals surface area contributed by atoms with Crippen molar-refractivity contribution in [3.05, 3.63) is 77.9 Å². The summed E-state index contributed by atoms with van der Waals surface area (Å²) in [5.41, 5.74) is 1.83. The van der Waals surface area contributed by atoms with E-state index in [1.54, 1.807) is 6.08 Å². The molecule has 0 heterocycles. The molecular weight excluding hydrogens is 234 g/mol. The van der Waals surface area contributed by atoms with Crippen molar-refractivity contribution in [3.8, 4) is 6.07 Å². The summed E-state index contributed by atoms with van der Waals surface area (Å²) in [6.45, 7) is 0. The Morgan fingerprint density at radius 1 is 0.947 bits per heavy atom. The van der Waals surface area contributed by atoms with Gasteiger partial charge in [-0.1, -0.05) is 72.8 Å². The van der Waals surface area contributed by atoms with Gasteiger partial charge in [-0.3, -0.25) is 0 Å². The molecule has 0 amide bonds. The Balaban J connectivity index is 2.13. The van der Waals surface area contributed by atoms with Gasteiger partial charge in [0.25, 0.3) is 0 Å². The van der Waals surface area contributed by atoms with Crippen LogP contribution >= 0.6 is 0 Å². The lowest BCUT2D eigenvalue weighted by molar-refractivity contribution is 0.210. The summed E-state index contributed by atoms with van der Waals surface area (Å²) < 4.78 is 0. The van der Waals surface area contributed by atoms with Crippen LogP contribution in [0, 0.1) is 11.3 Å². The van der Waals surface area contributed by atoms with Crippen LogP contribution in [0.25, 0.3) is 6.08 Å². The molecule has 2 heteroatoms. The van der Waals surface area contributed by atoms with Crippen molar-refractivity contribution in [2.75, 3.05) is 0 Å². The third-order valence-corrected chi connectivity index (χ3v) is 2.92. The first kappa shape index (κ1) is 13.1. The maximum Gasteiger partial charge on any atom is 0.101 e. The number of nitriles is 1. The van der Waals surface area contributed by atoms with Crippen LogP contribution < -0.4 is 0 Å². The Morgan fingerprint density at radius 3 is 2.11 bits per heavy atom. The molecule has 0 saturated carbocycles. The molecule has 0 aliphatic carbocycles. The summed E-state index contributed by atoms with van der Waals surface area (Å²) in [6.07, 6.45) is 2.68. The van der Waals surface area contributed by atoms with Crippen molar-refractivity contribution in [3.63, 3.8) is 0 Å². The molecule has 2 aromatic rings. The lowest BCUT2D eigenvalue weighted by Gasteiger charge is -2.13. The molecule has 2 rings (SSSR count). The van der Waals surface area contributed by atoms with E-state index in [0.29, 0.717) is 0 Å².